The van der Waals surface area contributed by atoms with Crippen molar-refractivity contribution in [3.8, 4) is 11.5 Å². The van der Waals surface area contributed by atoms with Gasteiger partial charge in [0.25, 0.3) is 0 Å². The molecule has 0 saturated carbocycles. The van der Waals surface area contributed by atoms with Gasteiger partial charge in [0.1, 0.15) is 17.3 Å². The Morgan fingerprint density at radius 3 is 2.21 bits per heavy atom. The highest BCUT2D eigenvalue weighted by Gasteiger charge is 2.03. The largest absolute Gasteiger partial charge is 0.457 e. The first-order chi connectivity index (χ1) is 13.6. The van der Waals surface area contributed by atoms with Crippen molar-refractivity contribution in [3.63, 3.8) is 0 Å². The maximum atomic E-state index is 12.9. The van der Waals surface area contributed by atoms with Crippen LogP contribution in [0.5, 0.6) is 11.5 Å². The summed E-state index contributed by atoms with van der Waals surface area (Å²) in [5.41, 5.74) is 1.43. The molecule has 0 unspecified atom stereocenters. The van der Waals surface area contributed by atoms with Crippen LogP contribution in [0.4, 0.5) is 10.1 Å². The molecule has 2 N–H and O–H groups in total. The van der Waals surface area contributed by atoms with Crippen LogP contribution in [-0.2, 0) is 4.79 Å². The van der Waals surface area contributed by atoms with Crippen LogP contribution in [-0.4, -0.2) is 11.0 Å². The normalized spacial score (nSPS) is 10.5. The van der Waals surface area contributed by atoms with E-state index in [4.69, 9.17) is 17.0 Å². The van der Waals surface area contributed by atoms with Crippen LogP contribution in [0, 0.1) is 5.82 Å². The quantitative estimate of drug-likeness (QED) is 0.466. The molecule has 3 rings (SSSR count). The average Bonchev–Trinajstić information content (AvgIpc) is 2.70. The summed E-state index contributed by atoms with van der Waals surface area (Å²) >= 11 is 5.14. The molecule has 0 aliphatic rings. The van der Waals surface area contributed by atoms with Crippen LogP contribution >= 0.6 is 12.2 Å². The highest BCUT2D eigenvalue weighted by Crippen LogP contribution is 2.22. The second-order valence-electron chi connectivity index (χ2n) is 5.77. The van der Waals surface area contributed by atoms with E-state index < -0.39 is 0 Å². The number of rotatable bonds is 5. The van der Waals surface area contributed by atoms with Crippen LogP contribution in [0.15, 0.2) is 84.9 Å². The molecule has 6 heteroatoms. The summed E-state index contributed by atoms with van der Waals surface area (Å²) in [6.45, 7) is 0. The van der Waals surface area contributed by atoms with Crippen molar-refractivity contribution in [1.82, 2.24) is 5.32 Å². The lowest BCUT2D eigenvalue weighted by Crippen LogP contribution is -2.32. The Hall–Kier alpha value is -3.51. The monoisotopic (exact) mass is 392 g/mol. The molecule has 0 aliphatic heterocycles. The summed E-state index contributed by atoms with van der Waals surface area (Å²) < 4.78 is 18.6. The number of para-hydroxylation sites is 1. The Bertz CT molecular complexity index is 972. The molecule has 0 atom stereocenters. The van der Waals surface area contributed by atoms with Crippen LogP contribution in [0.3, 0.4) is 0 Å². The van der Waals surface area contributed by atoms with Gasteiger partial charge in [-0.05, 0) is 72.4 Å². The topological polar surface area (TPSA) is 50.4 Å². The average molecular weight is 392 g/mol. The van der Waals surface area contributed by atoms with Crippen molar-refractivity contribution in [3.05, 3.63) is 96.3 Å². The molecule has 0 spiro atoms. The van der Waals surface area contributed by atoms with Crippen molar-refractivity contribution >= 4 is 35.0 Å². The summed E-state index contributed by atoms with van der Waals surface area (Å²) in [7, 11) is 0. The number of carbonyl (C=O) groups is 1. The van der Waals surface area contributed by atoms with Gasteiger partial charge < -0.3 is 10.1 Å². The van der Waals surface area contributed by atoms with Crippen molar-refractivity contribution in [2.75, 3.05) is 5.32 Å². The van der Waals surface area contributed by atoms with Crippen molar-refractivity contribution in [1.29, 1.82) is 0 Å². The van der Waals surface area contributed by atoms with Gasteiger partial charge in [0.15, 0.2) is 5.11 Å². The Morgan fingerprint density at radius 2 is 1.54 bits per heavy atom. The highest BCUT2D eigenvalue weighted by atomic mass is 32.1. The van der Waals surface area contributed by atoms with Gasteiger partial charge in [-0.2, -0.15) is 0 Å². The molecule has 0 aliphatic carbocycles. The van der Waals surface area contributed by atoms with E-state index in [1.807, 2.05) is 30.3 Å². The lowest BCUT2D eigenvalue weighted by atomic mass is 10.2. The predicted molar refractivity (Wildman–Crippen MR) is 113 cm³/mol. The zero-order chi connectivity index (χ0) is 19.8. The molecule has 0 fully saturated rings. The fourth-order valence-electron chi connectivity index (χ4n) is 2.29. The Morgan fingerprint density at radius 1 is 0.893 bits per heavy atom. The summed E-state index contributed by atoms with van der Waals surface area (Å²) in [5.74, 6) is 0.728. The fraction of sp³-hybridized carbons (Fsp3) is 0. The fourth-order valence-corrected chi connectivity index (χ4v) is 2.51. The van der Waals surface area contributed by atoms with E-state index in [1.54, 1.807) is 42.5 Å². The van der Waals surface area contributed by atoms with Gasteiger partial charge in [0.2, 0.25) is 5.91 Å². The molecule has 140 valence electrons. The molecule has 28 heavy (non-hydrogen) atoms. The first-order valence-electron chi connectivity index (χ1n) is 8.47. The summed E-state index contributed by atoms with van der Waals surface area (Å²) in [6, 6.07) is 22.5. The van der Waals surface area contributed by atoms with Crippen LogP contribution in [0.2, 0.25) is 0 Å². The van der Waals surface area contributed by atoms with Crippen molar-refractivity contribution in [2.45, 2.75) is 0 Å². The SMILES string of the molecule is O=C(/C=C/c1ccc(F)cc1)NC(=S)Nc1ccc(Oc2ccccc2)cc1. The van der Waals surface area contributed by atoms with Gasteiger partial charge in [0.05, 0.1) is 0 Å². The van der Waals surface area contributed by atoms with E-state index in [1.165, 1.54) is 18.2 Å². The molecule has 0 bridgehead atoms. The summed E-state index contributed by atoms with van der Waals surface area (Å²) in [6.07, 6.45) is 2.91. The maximum Gasteiger partial charge on any atom is 0.250 e. The third kappa shape index (κ3) is 6.03. The number of amides is 1. The number of thiocarbonyl (C=S) groups is 1. The third-order valence-electron chi connectivity index (χ3n) is 3.62. The van der Waals surface area contributed by atoms with E-state index in [-0.39, 0.29) is 16.8 Å². The molecular formula is C22H17FN2O2S. The van der Waals surface area contributed by atoms with Gasteiger partial charge in [-0.15, -0.1) is 0 Å². The molecular weight excluding hydrogens is 375 g/mol. The Balaban J connectivity index is 1.50. The van der Waals surface area contributed by atoms with Crippen LogP contribution < -0.4 is 15.4 Å². The zero-order valence-corrected chi connectivity index (χ0v) is 15.6. The van der Waals surface area contributed by atoms with Crippen LogP contribution in [0.25, 0.3) is 6.08 Å². The lowest BCUT2D eigenvalue weighted by Gasteiger charge is -2.10. The minimum atomic E-state index is -0.383. The number of carbonyl (C=O) groups excluding carboxylic acids is 1. The maximum absolute atomic E-state index is 12.9. The van der Waals surface area contributed by atoms with E-state index >= 15 is 0 Å². The minimum Gasteiger partial charge on any atom is -0.457 e. The van der Waals surface area contributed by atoms with E-state index in [2.05, 4.69) is 10.6 Å². The second kappa shape index (κ2) is 9.43. The smallest absolute Gasteiger partial charge is 0.250 e. The van der Waals surface area contributed by atoms with Gasteiger partial charge in [-0.1, -0.05) is 30.3 Å². The number of halogens is 1. The molecule has 0 saturated heterocycles. The van der Waals surface area contributed by atoms with E-state index in [0.717, 1.165) is 5.75 Å². The molecule has 0 heterocycles. The first-order valence-corrected chi connectivity index (χ1v) is 8.88. The standard InChI is InChI=1S/C22H17FN2O2S/c23-17-9-6-16(7-10-17)8-15-21(26)25-22(28)24-18-11-13-20(14-12-18)27-19-4-2-1-3-5-19/h1-15H,(H2,24,25,26,28)/b15-8+. The number of ether oxygens (including phenoxy) is 1. The molecule has 0 aromatic heterocycles. The van der Waals surface area contributed by atoms with Gasteiger partial charge in [-0.3, -0.25) is 10.1 Å². The second-order valence-corrected chi connectivity index (χ2v) is 6.18. The van der Waals surface area contributed by atoms with E-state index in [9.17, 15) is 9.18 Å². The van der Waals surface area contributed by atoms with Gasteiger partial charge >= 0.3 is 0 Å². The number of anilines is 1. The summed E-state index contributed by atoms with van der Waals surface area (Å²) in [4.78, 5) is 11.9. The van der Waals surface area contributed by atoms with Gasteiger partial charge in [-0.25, -0.2) is 4.39 Å². The summed E-state index contributed by atoms with van der Waals surface area (Å²) in [5, 5.41) is 5.66. The number of hydrogen-bond acceptors (Lipinski definition) is 3. The minimum absolute atomic E-state index is 0.172. The zero-order valence-electron chi connectivity index (χ0n) is 14.8. The van der Waals surface area contributed by atoms with E-state index in [0.29, 0.717) is 17.0 Å². The van der Waals surface area contributed by atoms with Crippen molar-refractivity contribution in [2.24, 2.45) is 0 Å². The Kier molecular flexibility index (Phi) is 6.49. The molecule has 4 nitrogen and oxygen atoms in total. The third-order valence-corrected chi connectivity index (χ3v) is 3.83. The van der Waals surface area contributed by atoms with Crippen molar-refractivity contribution < 1.29 is 13.9 Å². The number of benzene rings is 3. The molecule has 1 amide bonds. The lowest BCUT2D eigenvalue weighted by molar-refractivity contribution is -0.115. The van der Waals surface area contributed by atoms with Gasteiger partial charge in [0, 0.05) is 11.8 Å². The Labute approximate surface area is 167 Å². The first kappa shape index (κ1) is 19.3. The van der Waals surface area contributed by atoms with Crippen LogP contribution in [0.1, 0.15) is 5.56 Å². The molecule has 3 aromatic rings. The predicted octanol–water partition coefficient (Wildman–Crippen LogP) is 5.14. The number of hydrogen-bond donors (Lipinski definition) is 2. The highest BCUT2D eigenvalue weighted by molar-refractivity contribution is 7.80. The molecule has 3 aromatic carbocycles. The molecule has 0 radical (unpaired) electrons. The number of nitrogens with one attached hydrogen (secondary N) is 2.